The van der Waals surface area contributed by atoms with Gasteiger partial charge in [-0.25, -0.2) is 4.79 Å². The van der Waals surface area contributed by atoms with Crippen molar-refractivity contribution in [1.82, 2.24) is 4.98 Å². The molecule has 0 saturated carbocycles. The van der Waals surface area contributed by atoms with E-state index in [4.69, 9.17) is 5.11 Å². The Labute approximate surface area is 113 Å². The molecule has 2 aromatic rings. The van der Waals surface area contributed by atoms with Gasteiger partial charge in [-0.3, -0.25) is 9.78 Å². The van der Waals surface area contributed by atoms with Crippen LogP contribution in [0.2, 0.25) is 0 Å². The van der Waals surface area contributed by atoms with E-state index in [-0.39, 0.29) is 10.8 Å². The van der Waals surface area contributed by atoms with Crippen LogP contribution in [0.15, 0.2) is 23.7 Å². The summed E-state index contributed by atoms with van der Waals surface area (Å²) in [5, 5.41) is 13.4. The average Bonchev–Trinajstić information content (AvgIpc) is 2.71. The van der Waals surface area contributed by atoms with E-state index in [1.54, 1.807) is 37.6 Å². The van der Waals surface area contributed by atoms with Crippen molar-refractivity contribution in [1.29, 1.82) is 0 Å². The number of carbonyl (C=O) groups is 2. The van der Waals surface area contributed by atoms with Crippen molar-refractivity contribution in [2.75, 3.05) is 5.32 Å². The Morgan fingerprint density at radius 1 is 1.37 bits per heavy atom. The molecule has 19 heavy (non-hydrogen) atoms. The van der Waals surface area contributed by atoms with E-state index < -0.39 is 5.97 Å². The van der Waals surface area contributed by atoms with Gasteiger partial charge in [0.05, 0.1) is 5.69 Å². The third-order valence-electron chi connectivity index (χ3n) is 2.57. The number of carbonyl (C=O) groups excluding carboxylic acids is 1. The van der Waals surface area contributed by atoms with Crippen molar-refractivity contribution in [3.05, 3.63) is 45.4 Å². The van der Waals surface area contributed by atoms with Crippen LogP contribution in [-0.4, -0.2) is 22.0 Å². The molecule has 0 aliphatic rings. The molecule has 2 N–H and O–H groups in total. The monoisotopic (exact) mass is 276 g/mol. The number of hydrogen-bond donors (Lipinski definition) is 2. The maximum atomic E-state index is 12.1. The Hall–Kier alpha value is -2.21. The highest BCUT2D eigenvalue weighted by molar-refractivity contribution is 7.12. The Morgan fingerprint density at radius 3 is 2.74 bits per heavy atom. The smallest absolute Gasteiger partial charge is 0.348 e. The normalized spacial score (nSPS) is 10.2. The van der Waals surface area contributed by atoms with Gasteiger partial charge < -0.3 is 10.4 Å². The molecule has 2 aromatic heterocycles. The number of hydrogen-bond acceptors (Lipinski definition) is 4. The standard InChI is InChI=1S/C13H12N2O3S/c1-7-6-19-11(13(17)18)10(7)15-12(16)9-3-4-14-8(2)5-9/h3-6H,1-2H3,(H,15,16)(H,17,18). The predicted molar refractivity (Wildman–Crippen MR) is 72.9 cm³/mol. The number of anilines is 1. The van der Waals surface area contributed by atoms with Crippen molar-refractivity contribution in [2.24, 2.45) is 0 Å². The first kappa shape index (κ1) is 13.2. The number of rotatable bonds is 3. The number of nitrogens with zero attached hydrogens (tertiary/aromatic N) is 1. The van der Waals surface area contributed by atoms with Crippen LogP contribution < -0.4 is 5.32 Å². The molecule has 98 valence electrons. The Morgan fingerprint density at radius 2 is 2.11 bits per heavy atom. The van der Waals surface area contributed by atoms with Gasteiger partial charge in [-0.05, 0) is 36.9 Å². The summed E-state index contributed by atoms with van der Waals surface area (Å²) in [5.41, 5.74) is 2.28. The van der Waals surface area contributed by atoms with Crippen molar-refractivity contribution in [3.63, 3.8) is 0 Å². The van der Waals surface area contributed by atoms with Crippen LogP contribution >= 0.6 is 11.3 Å². The largest absolute Gasteiger partial charge is 0.477 e. The van der Waals surface area contributed by atoms with Gasteiger partial charge in [0.25, 0.3) is 5.91 Å². The molecule has 0 spiro atoms. The van der Waals surface area contributed by atoms with Crippen molar-refractivity contribution in [3.8, 4) is 0 Å². The quantitative estimate of drug-likeness (QED) is 0.903. The maximum Gasteiger partial charge on any atom is 0.348 e. The molecule has 0 atom stereocenters. The molecule has 1 amide bonds. The van der Waals surface area contributed by atoms with Crippen LogP contribution in [0.4, 0.5) is 5.69 Å². The van der Waals surface area contributed by atoms with E-state index in [0.29, 0.717) is 11.3 Å². The highest BCUT2D eigenvalue weighted by Gasteiger charge is 2.18. The third kappa shape index (κ3) is 2.79. The lowest BCUT2D eigenvalue weighted by atomic mass is 10.2. The second-order valence-electron chi connectivity index (χ2n) is 4.07. The molecule has 0 fully saturated rings. The number of thiophene rings is 1. The Bertz CT molecular complexity index is 649. The van der Waals surface area contributed by atoms with Gasteiger partial charge in [-0.15, -0.1) is 11.3 Å². The zero-order chi connectivity index (χ0) is 14.0. The summed E-state index contributed by atoms with van der Waals surface area (Å²) in [7, 11) is 0. The van der Waals surface area contributed by atoms with E-state index in [9.17, 15) is 9.59 Å². The minimum Gasteiger partial charge on any atom is -0.477 e. The van der Waals surface area contributed by atoms with Gasteiger partial charge in [0, 0.05) is 17.5 Å². The molecular weight excluding hydrogens is 264 g/mol. The molecule has 0 radical (unpaired) electrons. The highest BCUT2D eigenvalue weighted by Crippen LogP contribution is 2.28. The third-order valence-corrected chi connectivity index (χ3v) is 3.65. The van der Waals surface area contributed by atoms with E-state index in [2.05, 4.69) is 10.3 Å². The SMILES string of the molecule is Cc1cc(C(=O)Nc2c(C)csc2C(=O)O)ccn1. The summed E-state index contributed by atoms with van der Waals surface area (Å²) in [6.45, 7) is 3.55. The minimum absolute atomic E-state index is 0.136. The molecule has 0 aromatic carbocycles. The fourth-order valence-electron chi connectivity index (χ4n) is 1.63. The fraction of sp³-hybridized carbons (Fsp3) is 0.154. The van der Waals surface area contributed by atoms with Gasteiger partial charge in [0.1, 0.15) is 4.88 Å². The van der Waals surface area contributed by atoms with Crippen LogP contribution in [0.1, 0.15) is 31.3 Å². The molecule has 0 aliphatic heterocycles. The van der Waals surface area contributed by atoms with E-state index in [1.807, 2.05) is 0 Å². The van der Waals surface area contributed by atoms with Gasteiger partial charge in [0.2, 0.25) is 0 Å². The van der Waals surface area contributed by atoms with Crippen molar-refractivity contribution in [2.45, 2.75) is 13.8 Å². The molecule has 6 heteroatoms. The molecule has 0 unspecified atom stereocenters. The van der Waals surface area contributed by atoms with Gasteiger partial charge >= 0.3 is 5.97 Å². The molecular formula is C13H12N2O3S. The number of aryl methyl sites for hydroxylation is 2. The molecule has 5 nitrogen and oxygen atoms in total. The molecule has 0 saturated heterocycles. The topological polar surface area (TPSA) is 79.3 Å². The lowest BCUT2D eigenvalue weighted by molar-refractivity contribution is 0.0703. The Balaban J connectivity index is 2.29. The number of aromatic carboxylic acids is 1. The van der Waals surface area contributed by atoms with Gasteiger partial charge in [0.15, 0.2) is 0 Å². The average molecular weight is 276 g/mol. The van der Waals surface area contributed by atoms with Crippen molar-refractivity contribution < 1.29 is 14.7 Å². The lowest BCUT2D eigenvalue weighted by Crippen LogP contribution is -2.14. The maximum absolute atomic E-state index is 12.1. The summed E-state index contributed by atoms with van der Waals surface area (Å²) in [6.07, 6.45) is 1.54. The van der Waals surface area contributed by atoms with Crippen LogP contribution in [0.3, 0.4) is 0 Å². The summed E-state index contributed by atoms with van der Waals surface area (Å²) < 4.78 is 0. The fourth-order valence-corrected chi connectivity index (χ4v) is 2.47. The zero-order valence-corrected chi connectivity index (χ0v) is 11.2. The predicted octanol–water partition coefficient (Wildman–Crippen LogP) is 2.71. The summed E-state index contributed by atoms with van der Waals surface area (Å²) in [4.78, 5) is 27.3. The number of amides is 1. The molecule has 0 bridgehead atoms. The molecule has 2 rings (SSSR count). The van der Waals surface area contributed by atoms with E-state index >= 15 is 0 Å². The lowest BCUT2D eigenvalue weighted by Gasteiger charge is -2.06. The summed E-state index contributed by atoms with van der Waals surface area (Å²) >= 11 is 1.10. The van der Waals surface area contributed by atoms with Crippen LogP contribution in [0.25, 0.3) is 0 Å². The van der Waals surface area contributed by atoms with Crippen LogP contribution in [0.5, 0.6) is 0 Å². The van der Waals surface area contributed by atoms with E-state index in [1.165, 1.54) is 0 Å². The van der Waals surface area contributed by atoms with Gasteiger partial charge in [-0.1, -0.05) is 0 Å². The van der Waals surface area contributed by atoms with Gasteiger partial charge in [-0.2, -0.15) is 0 Å². The Kier molecular flexibility index (Phi) is 3.62. The summed E-state index contributed by atoms with van der Waals surface area (Å²) in [6, 6.07) is 3.24. The number of carboxylic acid groups (broad SMARTS) is 1. The first-order chi connectivity index (χ1) is 8.99. The first-order valence-corrected chi connectivity index (χ1v) is 6.42. The molecule has 2 heterocycles. The van der Waals surface area contributed by atoms with Crippen molar-refractivity contribution >= 4 is 28.9 Å². The number of nitrogens with one attached hydrogen (secondary N) is 1. The number of carboxylic acids is 1. The van der Waals surface area contributed by atoms with E-state index in [0.717, 1.165) is 22.6 Å². The molecule has 0 aliphatic carbocycles. The number of pyridine rings is 1. The highest BCUT2D eigenvalue weighted by atomic mass is 32.1. The first-order valence-electron chi connectivity index (χ1n) is 5.54. The minimum atomic E-state index is -1.04. The zero-order valence-electron chi connectivity index (χ0n) is 10.4. The second kappa shape index (κ2) is 5.19. The second-order valence-corrected chi connectivity index (χ2v) is 4.95. The van der Waals surface area contributed by atoms with Crippen LogP contribution in [-0.2, 0) is 0 Å². The van der Waals surface area contributed by atoms with Crippen LogP contribution in [0, 0.1) is 13.8 Å². The summed E-state index contributed by atoms with van der Waals surface area (Å²) in [5.74, 6) is -1.38. The number of aromatic nitrogens is 1.